The molecule has 1 fully saturated rings. The van der Waals surface area contributed by atoms with Gasteiger partial charge < -0.3 is 14.2 Å². The van der Waals surface area contributed by atoms with E-state index in [2.05, 4.69) is 28.4 Å². The number of hydrazine groups is 3. The van der Waals surface area contributed by atoms with Gasteiger partial charge in [-0.15, -0.1) is 5.53 Å². The normalized spacial score (nSPS) is 15.7. The number of ether oxygens (including phenoxy) is 3. The highest BCUT2D eigenvalue weighted by Crippen LogP contribution is 2.38. The van der Waals surface area contributed by atoms with Crippen LogP contribution in [0.3, 0.4) is 0 Å². The van der Waals surface area contributed by atoms with Crippen molar-refractivity contribution in [2.75, 3.05) is 27.9 Å². The van der Waals surface area contributed by atoms with E-state index in [0.717, 1.165) is 30.9 Å². The number of nitrogens with one attached hydrogen (secondary N) is 3. The van der Waals surface area contributed by atoms with Crippen molar-refractivity contribution in [1.82, 2.24) is 21.5 Å². The largest absolute Gasteiger partial charge is 0.493 e. The summed E-state index contributed by atoms with van der Waals surface area (Å²) >= 11 is 0. The molecule has 0 atom stereocenters. The van der Waals surface area contributed by atoms with Gasteiger partial charge in [0.25, 0.3) is 0 Å². The second-order valence-corrected chi connectivity index (χ2v) is 5.04. The molecule has 8 nitrogen and oxygen atoms in total. The second-order valence-electron chi connectivity index (χ2n) is 5.04. The highest BCUT2D eigenvalue weighted by Gasteiger charge is 2.17. The highest BCUT2D eigenvalue weighted by atomic mass is 16.5. The lowest BCUT2D eigenvalue weighted by Gasteiger charge is -2.16. The molecule has 0 bridgehead atoms. The van der Waals surface area contributed by atoms with Crippen molar-refractivity contribution >= 4 is 5.96 Å². The molecular weight excluding hydrogens is 298 g/mol. The van der Waals surface area contributed by atoms with E-state index in [1.54, 1.807) is 21.3 Å². The van der Waals surface area contributed by atoms with Crippen LogP contribution in [0.25, 0.3) is 0 Å². The Morgan fingerprint density at radius 1 is 1.09 bits per heavy atom. The van der Waals surface area contributed by atoms with Gasteiger partial charge in [-0.25, -0.2) is 4.99 Å². The zero-order valence-electron chi connectivity index (χ0n) is 14.1. The number of rotatable bonds is 8. The van der Waals surface area contributed by atoms with E-state index < -0.39 is 0 Å². The molecule has 23 heavy (non-hydrogen) atoms. The lowest BCUT2D eigenvalue weighted by atomic mass is 10.2. The standard InChI is InChI=1S/C15H25N5O3/c1-5-6-7-20-15(17-18-19-20)16-10-11-8-12(21-2)14(23-4)13(9-11)22-3/h8-9,18-19H,5-7,10H2,1-4H3,(H,16,17). The van der Waals surface area contributed by atoms with E-state index in [1.165, 1.54) is 0 Å². The number of benzene rings is 1. The molecule has 1 aromatic rings. The Morgan fingerprint density at radius 3 is 2.35 bits per heavy atom. The Bertz CT molecular complexity index is 525. The summed E-state index contributed by atoms with van der Waals surface area (Å²) in [6.45, 7) is 3.53. The number of aliphatic imine (C=N–C) groups is 1. The third-order valence-electron chi connectivity index (χ3n) is 3.49. The van der Waals surface area contributed by atoms with Gasteiger partial charge in [0.2, 0.25) is 11.7 Å². The van der Waals surface area contributed by atoms with Gasteiger partial charge >= 0.3 is 0 Å². The summed E-state index contributed by atoms with van der Waals surface area (Å²) in [5, 5.41) is 1.95. The summed E-state index contributed by atoms with van der Waals surface area (Å²) in [6, 6.07) is 3.80. The average molecular weight is 323 g/mol. The van der Waals surface area contributed by atoms with Gasteiger partial charge in [-0.1, -0.05) is 13.3 Å². The van der Waals surface area contributed by atoms with Crippen LogP contribution in [0.4, 0.5) is 0 Å². The van der Waals surface area contributed by atoms with Crippen molar-refractivity contribution < 1.29 is 14.2 Å². The molecule has 0 aromatic heterocycles. The number of methoxy groups -OCH3 is 3. The molecule has 1 saturated heterocycles. The molecule has 0 radical (unpaired) electrons. The maximum atomic E-state index is 5.36. The Labute approximate surface area is 136 Å². The summed E-state index contributed by atoms with van der Waals surface area (Å²) < 4.78 is 16.0. The zero-order valence-corrected chi connectivity index (χ0v) is 14.1. The predicted molar refractivity (Wildman–Crippen MR) is 88.3 cm³/mol. The van der Waals surface area contributed by atoms with Crippen LogP contribution in [0.2, 0.25) is 0 Å². The monoisotopic (exact) mass is 323 g/mol. The van der Waals surface area contributed by atoms with Crippen molar-refractivity contribution in [3.63, 3.8) is 0 Å². The Balaban J connectivity index is 2.14. The number of unbranched alkanes of at least 4 members (excludes halogenated alkanes) is 1. The van der Waals surface area contributed by atoms with E-state index in [-0.39, 0.29) is 0 Å². The molecule has 0 aliphatic carbocycles. The van der Waals surface area contributed by atoms with Gasteiger partial charge in [-0.2, -0.15) is 5.53 Å². The lowest BCUT2D eigenvalue weighted by Crippen LogP contribution is -2.38. The number of nitrogens with zero attached hydrogens (tertiary/aromatic N) is 2. The van der Waals surface area contributed by atoms with Crippen LogP contribution in [0.1, 0.15) is 25.3 Å². The smallest absolute Gasteiger partial charge is 0.225 e. The van der Waals surface area contributed by atoms with Crippen molar-refractivity contribution in [3.05, 3.63) is 17.7 Å². The van der Waals surface area contributed by atoms with Gasteiger partial charge in [0.1, 0.15) is 0 Å². The van der Waals surface area contributed by atoms with E-state index in [0.29, 0.717) is 23.8 Å². The molecule has 8 heteroatoms. The Morgan fingerprint density at radius 2 is 1.78 bits per heavy atom. The molecule has 1 aliphatic rings. The lowest BCUT2D eigenvalue weighted by molar-refractivity contribution is 0.296. The minimum Gasteiger partial charge on any atom is -0.493 e. The highest BCUT2D eigenvalue weighted by molar-refractivity contribution is 5.80. The fourth-order valence-electron chi connectivity index (χ4n) is 2.27. The predicted octanol–water partition coefficient (Wildman–Crippen LogP) is 1.20. The van der Waals surface area contributed by atoms with Crippen LogP contribution in [0.15, 0.2) is 17.1 Å². The Kier molecular flexibility index (Phi) is 6.30. The SMILES string of the molecule is CCCCN1NNNC1=NCc1cc(OC)c(OC)c(OC)c1. The molecule has 0 saturated carbocycles. The molecule has 1 aromatic carbocycles. The Hall–Kier alpha value is -2.19. The molecule has 1 aliphatic heterocycles. The molecule has 128 valence electrons. The molecule has 0 amide bonds. The average Bonchev–Trinajstić information content (AvgIpc) is 3.04. The maximum absolute atomic E-state index is 5.36. The van der Waals surface area contributed by atoms with Gasteiger partial charge in [0.05, 0.1) is 27.9 Å². The third kappa shape index (κ3) is 4.17. The molecule has 2 rings (SSSR count). The van der Waals surface area contributed by atoms with E-state index in [4.69, 9.17) is 14.2 Å². The van der Waals surface area contributed by atoms with Crippen molar-refractivity contribution in [2.45, 2.75) is 26.3 Å². The topological polar surface area (TPSA) is 79.4 Å². The summed E-state index contributed by atoms with van der Waals surface area (Å²) in [5.41, 5.74) is 9.83. The first kappa shape index (κ1) is 17.2. The van der Waals surface area contributed by atoms with Crippen molar-refractivity contribution in [3.8, 4) is 17.2 Å². The quantitative estimate of drug-likeness (QED) is 0.663. The van der Waals surface area contributed by atoms with Gasteiger partial charge in [-0.3, -0.25) is 10.4 Å². The maximum Gasteiger partial charge on any atom is 0.225 e. The van der Waals surface area contributed by atoms with Crippen LogP contribution in [0, 0.1) is 0 Å². The molecule has 3 N–H and O–H groups in total. The molecular formula is C15H25N5O3. The van der Waals surface area contributed by atoms with Crippen LogP contribution < -0.4 is 30.7 Å². The minimum atomic E-state index is 0.491. The van der Waals surface area contributed by atoms with Gasteiger partial charge in [0, 0.05) is 6.54 Å². The molecule has 0 spiro atoms. The van der Waals surface area contributed by atoms with E-state index in [1.807, 2.05) is 17.1 Å². The molecule has 0 unspecified atom stereocenters. The third-order valence-corrected chi connectivity index (χ3v) is 3.49. The van der Waals surface area contributed by atoms with Gasteiger partial charge in [0.15, 0.2) is 11.5 Å². The summed E-state index contributed by atoms with van der Waals surface area (Å²) in [6.07, 6.45) is 2.21. The summed E-state index contributed by atoms with van der Waals surface area (Å²) in [4.78, 5) is 4.59. The van der Waals surface area contributed by atoms with Crippen LogP contribution in [-0.4, -0.2) is 38.8 Å². The van der Waals surface area contributed by atoms with Gasteiger partial charge in [-0.05, 0) is 24.1 Å². The van der Waals surface area contributed by atoms with E-state index >= 15 is 0 Å². The van der Waals surface area contributed by atoms with Crippen molar-refractivity contribution in [2.24, 2.45) is 4.99 Å². The summed E-state index contributed by atoms with van der Waals surface area (Å²) in [7, 11) is 4.79. The van der Waals surface area contributed by atoms with Crippen LogP contribution in [0.5, 0.6) is 17.2 Å². The summed E-state index contributed by atoms with van der Waals surface area (Å²) in [5.74, 6) is 2.59. The number of hydrogen-bond acceptors (Lipinski definition) is 6. The minimum absolute atomic E-state index is 0.491. The number of guanidine groups is 1. The molecule has 1 heterocycles. The van der Waals surface area contributed by atoms with Crippen molar-refractivity contribution in [1.29, 1.82) is 0 Å². The second kappa shape index (κ2) is 8.44. The van der Waals surface area contributed by atoms with E-state index in [9.17, 15) is 0 Å². The van der Waals surface area contributed by atoms with Crippen LogP contribution in [-0.2, 0) is 6.54 Å². The fraction of sp³-hybridized carbons (Fsp3) is 0.533. The fourth-order valence-corrected chi connectivity index (χ4v) is 2.27. The first-order chi connectivity index (χ1) is 11.2. The first-order valence-electron chi connectivity index (χ1n) is 7.61. The van der Waals surface area contributed by atoms with Crippen LogP contribution >= 0.6 is 0 Å². The first-order valence-corrected chi connectivity index (χ1v) is 7.61. The zero-order chi connectivity index (χ0) is 16.7. The number of hydrogen-bond donors (Lipinski definition) is 3.